The SMILES string of the molecule is O=C(CCc1ccccc1)OC1c2c(Cl)cccc2Cc2cccc(Cl)c21. The molecule has 0 atom stereocenters. The number of carbonyl (C=O) groups excluding carboxylic acids is 1. The van der Waals surface area contributed by atoms with Crippen molar-refractivity contribution in [1.82, 2.24) is 0 Å². The van der Waals surface area contributed by atoms with E-state index in [0.29, 0.717) is 22.9 Å². The van der Waals surface area contributed by atoms with Gasteiger partial charge in [0, 0.05) is 27.6 Å². The Balaban J connectivity index is 1.63. The second kappa shape index (κ2) is 7.75. The third-order valence-electron chi connectivity index (χ3n) is 4.90. The van der Waals surface area contributed by atoms with Crippen molar-refractivity contribution >= 4 is 29.2 Å². The normalized spacial score (nSPS) is 13.0. The summed E-state index contributed by atoms with van der Waals surface area (Å²) in [6, 6.07) is 21.4. The lowest BCUT2D eigenvalue weighted by molar-refractivity contribution is -0.147. The first-order valence-corrected chi connectivity index (χ1v) is 9.67. The van der Waals surface area contributed by atoms with Crippen LogP contribution >= 0.6 is 23.2 Å². The molecule has 0 heterocycles. The van der Waals surface area contributed by atoms with Crippen molar-refractivity contribution < 1.29 is 9.53 Å². The van der Waals surface area contributed by atoms with Gasteiger partial charge in [0.15, 0.2) is 6.10 Å². The summed E-state index contributed by atoms with van der Waals surface area (Å²) in [4.78, 5) is 12.6. The Kier molecular flexibility index (Phi) is 5.20. The third-order valence-corrected chi connectivity index (χ3v) is 5.56. The fourth-order valence-corrected chi connectivity index (χ4v) is 4.19. The number of carbonyl (C=O) groups is 1. The molecular formula is C23H18Cl2O2. The maximum atomic E-state index is 12.6. The van der Waals surface area contributed by atoms with Gasteiger partial charge in [-0.05, 0) is 41.7 Å². The molecule has 0 aromatic heterocycles. The fraction of sp³-hybridized carbons (Fsp3) is 0.174. The van der Waals surface area contributed by atoms with E-state index in [1.165, 1.54) is 0 Å². The second-order valence-corrected chi connectivity index (χ2v) is 7.47. The lowest BCUT2D eigenvalue weighted by atomic mass is 9.83. The topological polar surface area (TPSA) is 26.3 Å². The Labute approximate surface area is 168 Å². The summed E-state index contributed by atoms with van der Waals surface area (Å²) in [6.07, 6.45) is 1.09. The molecule has 2 nitrogen and oxygen atoms in total. The van der Waals surface area contributed by atoms with Crippen LogP contribution in [-0.2, 0) is 22.4 Å². The minimum Gasteiger partial charge on any atom is -0.452 e. The maximum absolute atomic E-state index is 12.6. The van der Waals surface area contributed by atoms with E-state index in [1.54, 1.807) is 0 Å². The average Bonchev–Trinajstić information content (AvgIpc) is 2.67. The first-order valence-electron chi connectivity index (χ1n) is 8.91. The van der Waals surface area contributed by atoms with Crippen molar-refractivity contribution in [2.75, 3.05) is 0 Å². The van der Waals surface area contributed by atoms with Gasteiger partial charge in [-0.25, -0.2) is 0 Å². The quantitative estimate of drug-likeness (QED) is 0.493. The largest absolute Gasteiger partial charge is 0.452 e. The van der Waals surface area contributed by atoms with Crippen molar-refractivity contribution in [3.05, 3.63) is 105 Å². The van der Waals surface area contributed by atoms with Crippen LogP contribution in [0.25, 0.3) is 0 Å². The standard InChI is InChI=1S/C23H18Cl2O2/c24-18-10-4-8-16-14-17-9-5-11-19(25)22(17)23(21(16)18)27-20(26)13-12-15-6-2-1-3-7-15/h1-11,23H,12-14H2. The molecule has 1 aliphatic rings. The van der Waals surface area contributed by atoms with Gasteiger partial charge < -0.3 is 4.74 Å². The molecule has 0 saturated heterocycles. The van der Waals surface area contributed by atoms with Crippen LogP contribution in [0.1, 0.15) is 40.3 Å². The van der Waals surface area contributed by atoms with Gasteiger partial charge in [-0.3, -0.25) is 4.79 Å². The Morgan fingerprint density at radius 3 is 2.04 bits per heavy atom. The van der Waals surface area contributed by atoms with Crippen molar-refractivity contribution in [2.45, 2.75) is 25.4 Å². The first-order chi connectivity index (χ1) is 13.1. The summed E-state index contributed by atoms with van der Waals surface area (Å²) in [5.41, 5.74) is 4.92. The van der Waals surface area contributed by atoms with E-state index in [1.807, 2.05) is 66.7 Å². The van der Waals surface area contributed by atoms with Gasteiger partial charge in [-0.15, -0.1) is 0 Å². The van der Waals surface area contributed by atoms with Gasteiger partial charge in [-0.2, -0.15) is 0 Å². The van der Waals surface area contributed by atoms with Crippen LogP contribution in [0.15, 0.2) is 66.7 Å². The predicted molar refractivity (Wildman–Crippen MR) is 108 cm³/mol. The Morgan fingerprint density at radius 2 is 1.44 bits per heavy atom. The Hall–Kier alpha value is -2.29. The number of aryl methyl sites for hydroxylation is 1. The summed E-state index contributed by atoms with van der Waals surface area (Å²) in [5.74, 6) is -0.262. The molecule has 0 spiro atoms. The highest BCUT2D eigenvalue weighted by Crippen LogP contribution is 2.43. The average molecular weight is 397 g/mol. The predicted octanol–water partition coefficient (Wildman–Crippen LogP) is 6.16. The highest BCUT2D eigenvalue weighted by molar-refractivity contribution is 6.32. The van der Waals surface area contributed by atoms with Gasteiger partial charge in [-0.1, -0.05) is 77.8 Å². The Bertz CT molecular complexity index is 931. The number of halogens is 2. The molecule has 0 saturated carbocycles. The van der Waals surface area contributed by atoms with Gasteiger partial charge in [0.1, 0.15) is 0 Å². The van der Waals surface area contributed by atoms with Gasteiger partial charge in [0.2, 0.25) is 0 Å². The van der Waals surface area contributed by atoms with Crippen LogP contribution in [0.5, 0.6) is 0 Å². The summed E-state index contributed by atoms with van der Waals surface area (Å²) in [7, 11) is 0. The van der Waals surface area contributed by atoms with Crippen molar-refractivity contribution in [1.29, 1.82) is 0 Å². The number of benzene rings is 3. The van der Waals surface area contributed by atoms with Crippen LogP contribution in [0, 0.1) is 0 Å². The molecule has 0 fully saturated rings. The molecule has 27 heavy (non-hydrogen) atoms. The van der Waals surface area contributed by atoms with E-state index >= 15 is 0 Å². The number of esters is 1. The number of rotatable bonds is 4. The number of hydrogen-bond donors (Lipinski definition) is 0. The van der Waals surface area contributed by atoms with Gasteiger partial charge in [0.25, 0.3) is 0 Å². The molecule has 0 radical (unpaired) electrons. The molecule has 136 valence electrons. The molecule has 4 heteroatoms. The zero-order valence-corrected chi connectivity index (χ0v) is 16.1. The van der Waals surface area contributed by atoms with E-state index in [0.717, 1.165) is 34.2 Å². The molecule has 4 rings (SSSR count). The molecule has 3 aromatic rings. The van der Waals surface area contributed by atoms with Crippen LogP contribution < -0.4 is 0 Å². The van der Waals surface area contributed by atoms with Crippen LogP contribution in [-0.4, -0.2) is 5.97 Å². The summed E-state index contributed by atoms with van der Waals surface area (Å²) >= 11 is 13.0. The van der Waals surface area contributed by atoms with Crippen LogP contribution in [0.4, 0.5) is 0 Å². The van der Waals surface area contributed by atoms with Crippen molar-refractivity contribution in [3.8, 4) is 0 Å². The number of fused-ring (bicyclic) bond motifs is 2. The van der Waals surface area contributed by atoms with E-state index in [-0.39, 0.29) is 5.97 Å². The molecule has 0 N–H and O–H groups in total. The minimum absolute atomic E-state index is 0.262. The molecule has 0 bridgehead atoms. The minimum atomic E-state index is -0.575. The van der Waals surface area contributed by atoms with Crippen molar-refractivity contribution in [2.24, 2.45) is 0 Å². The van der Waals surface area contributed by atoms with E-state index < -0.39 is 6.10 Å². The molecular weight excluding hydrogens is 379 g/mol. The summed E-state index contributed by atoms with van der Waals surface area (Å²) < 4.78 is 5.92. The molecule has 0 aliphatic heterocycles. The van der Waals surface area contributed by atoms with Crippen molar-refractivity contribution in [3.63, 3.8) is 0 Å². The van der Waals surface area contributed by atoms with Crippen LogP contribution in [0.2, 0.25) is 10.0 Å². The lowest BCUT2D eigenvalue weighted by Crippen LogP contribution is -2.20. The van der Waals surface area contributed by atoms with Gasteiger partial charge >= 0.3 is 5.97 Å². The maximum Gasteiger partial charge on any atom is 0.307 e. The molecule has 0 unspecified atom stereocenters. The molecule has 3 aromatic carbocycles. The smallest absolute Gasteiger partial charge is 0.307 e. The number of hydrogen-bond acceptors (Lipinski definition) is 2. The third kappa shape index (κ3) is 3.73. The van der Waals surface area contributed by atoms with E-state index in [9.17, 15) is 4.79 Å². The van der Waals surface area contributed by atoms with Gasteiger partial charge in [0.05, 0.1) is 0 Å². The summed E-state index contributed by atoms with van der Waals surface area (Å²) in [5, 5.41) is 1.19. The first kappa shape index (κ1) is 18.1. The fourth-order valence-electron chi connectivity index (χ4n) is 3.61. The molecule has 0 amide bonds. The van der Waals surface area contributed by atoms with E-state index in [4.69, 9.17) is 27.9 Å². The lowest BCUT2D eigenvalue weighted by Gasteiger charge is -2.30. The highest BCUT2D eigenvalue weighted by atomic mass is 35.5. The number of ether oxygens (including phenoxy) is 1. The van der Waals surface area contributed by atoms with E-state index in [2.05, 4.69) is 0 Å². The zero-order chi connectivity index (χ0) is 18.8. The zero-order valence-electron chi connectivity index (χ0n) is 14.6. The monoisotopic (exact) mass is 396 g/mol. The Morgan fingerprint density at radius 1 is 0.852 bits per heavy atom. The second-order valence-electron chi connectivity index (χ2n) is 6.66. The molecule has 1 aliphatic carbocycles. The highest BCUT2D eigenvalue weighted by Gasteiger charge is 2.32. The summed E-state index contributed by atoms with van der Waals surface area (Å²) in [6.45, 7) is 0. The van der Waals surface area contributed by atoms with Crippen LogP contribution in [0.3, 0.4) is 0 Å².